The first-order chi connectivity index (χ1) is 16.3. The van der Waals surface area contributed by atoms with Crippen molar-refractivity contribution in [3.05, 3.63) is 96.6 Å². The first-order valence-corrected chi connectivity index (χ1v) is 13.6. The Morgan fingerprint density at radius 2 is 1.21 bits per heavy atom. The third-order valence-corrected chi connectivity index (χ3v) is 11.1. The molecule has 0 unspecified atom stereocenters. The van der Waals surface area contributed by atoms with E-state index in [1.807, 2.05) is 66.7 Å². The highest BCUT2D eigenvalue weighted by molar-refractivity contribution is 6.99. The zero-order valence-electron chi connectivity index (χ0n) is 20.2. The van der Waals surface area contributed by atoms with Crippen LogP contribution < -0.4 is 10.4 Å². The quantitative estimate of drug-likeness (QED) is 0.368. The Hall–Kier alpha value is -2.32. The highest BCUT2D eigenvalue weighted by Crippen LogP contribution is 2.37. The second kappa shape index (κ2) is 11.9. The van der Waals surface area contributed by atoms with Gasteiger partial charge in [0.05, 0.1) is 19.8 Å². The fourth-order valence-electron chi connectivity index (χ4n) is 4.42. The number of ether oxygens (including phenoxy) is 1. The molecule has 0 aliphatic heterocycles. The van der Waals surface area contributed by atoms with Crippen LogP contribution in [0.1, 0.15) is 26.3 Å². The summed E-state index contributed by atoms with van der Waals surface area (Å²) in [5, 5.41) is 33.1. The molecule has 3 rings (SSSR count). The molecule has 0 bridgehead atoms. The third kappa shape index (κ3) is 6.02. The van der Waals surface area contributed by atoms with Crippen LogP contribution >= 0.6 is 0 Å². The number of benzene rings is 3. The van der Waals surface area contributed by atoms with Crippen LogP contribution in [-0.2, 0) is 15.8 Å². The zero-order chi connectivity index (χ0) is 24.6. The summed E-state index contributed by atoms with van der Waals surface area (Å²) in [6, 6.07) is 29.9. The molecule has 0 heterocycles. The first-order valence-electron chi connectivity index (χ1n) is 11.7. The predicted molar refractivity (Wildman–Crippen MR) is 138 cm³/mol. The van der Waals surface area contributed by atoms with Gasteiger partial charge in [-0.2, -0.15) is 0 Å². The Bertz CT molecular complexity index is 936. The van der Waals surface area contributed by atoms with Crippen molar-refractivity contribution in [2.45, 2.75) is 50.7 Å². The number of aliphatic hydroxyl groups excluding tert-OH is 3. The fourth-order valence-corrected chi connectivity index (χ4v) is 8.99. The Balaban J connectivity index is 1.89. The molecule has 0 aromatic heterocycles. The van der Waals surface area contributed by atoms with Crippen molar-refractivity contribution in [3.63, 3.8) is 0 Å². The fraction of sp³-hybridized carbons (Fsp3) is 0.357. The van der Waals surface area contributed by atoms with Crippen molar-refractivity contribution in [1.82, 2.24) is 0 Å². The highest BCUT2D eigenvalue weighted by Gasteiger charge is 2.50. The van der Waals surface area contributed by atoms with Crippen LogP contribution in [-0.4, -0.2) is 55.2 Å². The van der Waals surface area contributed by atoms with Gasteiger partial charge in [0.25, 0.3) is 8.32 Å². The van der Waals surface area contributed by atoms with Gasteiger partial charge in [0.2, 0.25) is 0 Å². The van der Waals surface area contributed by atoms with E-state index in [0.717, 1.165) is 15.9 Å². The lowest BCUT2D eigenvalue weighted by atomic mass is 10.1. The molecule has 34 heavy (non-hydrogen) atoms. The maximum atomic E-state index is 11.1. The van der Waals surface area contributed by atoms with Crippen LogP contribution in [0.25, 0.3) is 0 Å². The van der Waals surface area contributed by atoms with Gasteiger partial charge in [0, 0.05) is 0 Å². The Morgan fingerprint density at radius 3 is 1.65 bits per heavy atom. The molecule has 0 amide bonds. The van der Waals surface area contributed by atoms with Gasteiger partial charge in [-0.05, 0) is 21.0 Å². The summed E-state index contributed by atoms with van der Waals surface area (Å²) in [6.07, 6.45) is -3.36. The molecule has 0 saturated carbocycles. The Labute approximate surface area is 203 Å². The van der Waals surface area contributed by atoms with E-state index in [1.54, 1.807) is 0 Å². The van der Waals surface area contributed by atoms with Crippen molar-refractivity contribution in [2.75, 3.05) is 13.2 Å². The minimum atomic E-state index is -2.85. The summed E-state index contributed by atoms with van der Waals surface area (Å²) >= 11 is 0. The third-order valence-electron chi connectivity index (χ3n) is 6.12. The van der Waals surface area contributed by atoms with Crippen LogP contribution in [0.15, 0.2) is 91.0 Å². The SMILES string of the molecule is CC(C)(C)[Si](OC[C@@H](O)[C@@H](OCc1ccccc1)[C@H](O)CO)(c1ccccc1)c1ccccc1. The van der Waals surface area contributed by atoms with Crippen molar-refractivity contribution < 1.29 is 24.5 Å². The van der Waals surface area contributed by atoms with E-state index in [-0.39, 0.29) is 18.3 Å². The molecule has 0 aliphatic rings. The summed E-state index contributed by atoms with van der Waals surface area (Å²) in [6.45, 7) is 6.14. The number of rotatable bonds is 11. The minimum absolute atomic E-state index is 0.0379. The van der Waals surface area contributed by atoms with Crippen LogP contribution in [0.4, 0.5) is 0 Å². The maximum Gasteiger partial charge on any atom is 0.261 e. The van der Waals surface area contributed by atoms with Gasteiger partial charge in [0.1, 0.15) is 18.3 Å². The molecule has 0 spiro atoms. The lowest BCUT2D eigenvalue weighted by Crippen LogP contribution is -2.67. The zero-order valence-corrected chi connectivity index (χ0v) is 21.2. The van der Waals surface area contributed by atoms with Gasteiger partial charge >= 0.3 is 0 Å². The van der Waals surface area contributed by atoms with Gasteiger partial charge in [-0.1, -0.05) is 112 Å². The molecule has 0 aliphatic carbocycles. The normalized spacial score (nSPS) is 15.0. The van der Waals surface area contributed by atoms with Crippen LogP contribution in [0.5, 0.6) is 0 Å². The van der Waals surface area contributed by atoms with E-state index < -0.39 is 33.2 Å². The lowest BCUT2D eigenvalue weighted by Gasteiger charge is -2.43. The Kier molecular flexibility index (Phi) is 9.19. The van der Waals surface area contributed by atoms with Gasteiger partial charge < -0.3 is 24.5 Å². The van der Waals surface area contributed by atoms with Crippen molar-refractivity contribution in [2.24, 2.45) is 0 Å². The average molecular weight is 481 g/mol. The number of hydrogen-bond acceptors (Lipinski definition) is 5. The van der Waals surface area contributed by atoms with Gasteiger partial charge in [-0.25, -0.2) is 0 Å². The molecule has 5 nitrogen and oxygen atoms in total. The number of hydrogen-bond donors (Lipinski definition) is 3. The molecule has 0 radical (unpaired) electrons. The molecule has 3 aromatic rings. The summed E-state index contributed by atoms with van der Waals surface area (Å²) in [5.41, 5.74) is 0.915. The molecule has 3 N–H and O–H groups in total. The second-order valence-electron chi connectivity index (χ2n) is 9.55. The number of aliphatic hydroxyl groups is 3. The predicted octanol–water partition coefficient (Wildman–Crippen LogP) is 2.86. The van der Waals surface area contributed by atoms with Gasteiger partial charge in [-0.3, -0.25) is 0 Å². The van der Waals surface area contributed by atoms with Gasteiger partial charge in [-0.15, -0.1) is 0 Å². The van der Waals surface area contributed by atoms with Crippen molar-refractivity contribution >= 4 is 18.7 Å². The molecular formula is C28H36O5Si. The second-order valence-corrected chi connectivity index (χ2v) is 13.9. The van der Waals surface area contributed by atoms with E-state index in [0.29, 0.717) is 0 Å². The largest absolute Gasteiger partial charge is 0.405 e. The monoisotopic (exact) mass is 480 g/mol. The Morgan fingerprint density at radius 1 is 0.735 bits per heavy atom. The standard InChI is InChI=1S/C28H36O5Si/c1-28(2,3)34(23-15-9-5-10-16-23,24-17-11-6-12-18-24)33-21-26(31)27(25(30)19-29)32-20-22-13-7-4-8-14-22/h4-18,25-27,29-31H,19-21H2,1-3H3/t25-,26-,27+/m1/s1. The van der Waals surface area contributed by atoms with Crippen molar-refractivity contribution in [1.29, 1.82) is 0 Å². The van der Waals surface area contributed by atoms with E-state index in [1.165, 1.54) is 0 Å². The van der Waals surface area contributed by atoms with Crippen LogP contribution in [0.2, 0.25) is 5.04 Å². The molecule has 182 valence electrons. The minimum Gasteiger partial charge on any atom is -0.405 e. The summed E-state index contributed by atoms with van der Waals surface area (Å²) in [7, 11) is -2.85. The van der Waals surface area contributed by atoms with Crippen LogP contribution in [0, 0.1) is 0 Å². The van der Waals surface area contributed by atoms with E-state index >= 15 is 0 Å². The smallest absolute Gasteiger partial charge is 0.261 e. The first kappa shape index (κ1) is 26.3. The highest BCUT2D eigenvalue weighted by atomic mass is 28.4. The van der Waals surface area contributed by atoms with E-state index in [9.17, 15) is 15.3 Å². The summed E-state index contributed by atoms with van der Waals surface area (Å²) in [4.78, 5) is 0. The summed E-state index contributed by atoms with van der Waals surface area (Å²) < 4.78 is 12.7. The molecule has 6 heteroatoms. The molecule has 3 atom stereocenters. The van der Waals surface area contributed by atoms with Crippen LogP contribution in [0.3, 0.4) is 0 Å². The maximum absolute atomic E-state index is 11.1. The molecule has 0 saturated heterocycles. The van der Waals surface area contributed by atoms with Gasteiger partial charge in [0.15, 0.2) is 0 Å². The molecular weight excluding hydrogens is 444 g/mol. The lowest BCUT2D eigenvalue weighted by molar-refractivity contribution is -0.127. The molecule has 0 fully saturated rings. The van der Waals surface area contributed by atoms with E-state index in [4.69, 9.17) is 9.16 Å². The topological polar surface area (TPSA) is 79.2 Å². The molecule has 3 aromatic carbocycles. The van der Waals surface area contributed by atoms with E-state index in [2.05, 4.69) is 45.0 Å². The summed E-state index contributed by atoms with van der Waals surface area (Å²) in [5.74, 6) is 0. The van der Waals surface area contributed by atoms with Crippen molar-refractivity contribution in [3.8, 4) is 0 Å². The average Bonchev–Trinajstić information content (AvgIpc) is 2.85.